The monoisotopic (exact) mass is 412 g/mol. The lowest BCUT2D eigenvalue weighted by atomic mass is 10.3. The Balaban J connectivity index is 1.77. The van der Waals surface area contributed by atoms with Crippen molar-refractivity contribution >= 4 is 57.5 Å². The largest absolute Gasteiger partial charge is 0.453 e. The Kier molecular flexibility index (Phi) is 7.50. The van der Waals surface area contributed by atoms with E-state index in [1.807, 2.05) is 12.1 Å². The molecule has 0 unspecified atom stereocenters. The summed E-state index contributed by atoms with van der Waals surface area (Å²) >= 11 is 8.48. The summed E-state index contributed by atoms with van der Waals surface area (Å²) in [5.74, 6) is -1.11. The van der Waals surface area contributed by atoms with Gasteiger partial charge in [0.25, 0.3) is 11.8 Å². The molecule has 0 bridgehead atoms. The number of esters is 1. The number of hydrogen-bond donors (Lipinski definition) is 2. The molecule has 2 aromatic rings. The highest BCUT2D eigenvalue weighted by atomic mass is 35.5. The minimum Gasteiger partial charge on any atom is -0.453 e. The Hall–Kier alpha value is -2.03. The molecule has 1 aromatic carbocycles. The normalized spacial score (nSPS) is 11.6. The number of thiophene rings is 1. The molecule has 0 aliphatic carbocycles. The van der Waals surface area contributed by atoms with Crippen molar-refractivity contribution in [1.82, 2.24) is 0 Å². The zero-order valence-electron chi connectivity index (χ0n) is 13.9. The molecule has 2 rings (SSSR count). The molecular weight excluding hydrogens is 396 g/mol. The lowest BCUT2D eigenvalue weighted by molar-refractivity contribution is -0.152. The fraction of sp³-hybridized carbons (Fsp3) is 0.235. The van der Waals surface area contributed by atoms with Gasteiger partial charge in [0, 0.05) is 15.7 Å². The van der Waals surface area contributed by atoms with E-state index in [0.717, 1.165) is 4.90 Å². The van der Waals surface area contributed by atoms with E-state index in [2.05, 4.69) is 5.32 Å². The maximum atomic E-state index is 12.1. The first-order valence-electron chi connectivity index (χ1n) is 7.63. The van der Waals surface area contributed by atoms with Crippen molar-refractivity contribution in [2.24, 2.45) is 5.73 Å². The molecule has 0 spiro atoms. The van der Waals surface area contributed by atoms with Gasteiger partial charge in [-0.2, -0.15) is 0 Å². The van der Waals surface area contributed by atoms with Crippen LogP contribution >= 0.6 is 34.7 Å². The molecule has 0 saturated carbocycles. The van der Waals surface area contributed by atoms with Gasteiger partial charge in [0.2, 0.25) is 0 Å². The van der Waals surface area contributed by atoms with Crippen LogP contribution in [-0.4, -0.2) is 29.6 Å². The highest BCUT2D eigenvalue weighted by Crippen LogP contribution is 2.23. The summed E-state index contributed by atoms with van der Waals surface area (Å²) in [6.07, 6.45) is -0.818. The summed E-state index contributed by atoms with van der Waals surface area (Å²) in [6.45, 7) is 1.47. The first kappa shape index (κ1) is 20.3. The zero-order valence-corrected chi connectivity index (χ0v) is 16.2. The summed E-state index contributed by atoms with van der Waals surface area (Å²) in [5.41, 5.74) is 5.45. The van der Waals surface area contributed by atoms with Gasteiger partial charge in [-0.1, -0.05) is 11.6 Å². The Morgan fingerprint density at radius 1 is 1.27 bits per heavy atom. The van der Waals surface area contributed by atoms with Gasteiger partial charge in [0.15, 0.2) is 6.10 Å². The SMILES string of the molecule is C[C@H](OC(=O)CCSc1ccc(Cl)cc1)C(=O)Nc1sccc1C(N)=O. The van der Waals surface area contributed by atoms with Crippen molar-refractivity contribution in [3.8, 4) is 0 Å². The predicted octanol–water partition coefficient (Wildman–Crippen LogP) is 3.55. The molecule has 0 saturated heterocycles. The van der Waals surface area contributed by atoms with Gasteiger partial charge in [-0.05, 0) is 42.6 Å². The van der Waals surface area contributed by atoms with E-state index in [0.29, 0.717) is 15.8 Å². The molecule has 1 heterocycles. The fourth-order valence-electron chi connectivity index (χ4n) is 1.91. The van der Waals surface area contributed by atoms with Crippen molar-refractivity contribution in [2.45, 2.75) is 24.3 Å². The number of hydrogen-bond acceptors (Lipinski definition) is 6. The number of primary amides is 1. The number of rotatable bonds is 8. The summed E-state index contributed by atoms with van der Waals surface area (Å²) in [4.78, 5) is 36.2. The Bertz CT molecular complexity index is 792. The number of nitrogens with one attached hydrogen (secondary N) is 1. The highest BCUT2D eigenvalue weighted by Gasteiger charge is 2.20. The second-order valence-electron chi connectivity index (χ2n) is 5.20. The molecule has 0 fully saturated rings. The molecule has 1 aromatic heterocycles. The van der Waals surface area contributed by atoms with Gasteiger partial charge >= 0.3 is 5.97 Å². The highest BCUT2D eigenvalue weighted by molar-refractivity contribution is 7.99. The third kappa shape index (κ3) is 6.05. The molecular formula is C17H17ClN2O4S2. The minimum absolute atomic E-state index is 0.163. The number of carbonyl (C=O) groups is 3. The smallest absolute Gasteiger partial charge is 0.307 e. The number of carbonyl (C=O) groups excluding carboxylic acids is 3. The lowest BCUT2D eigenvalue weighted by Gasteiger charge is -2.13. The third-order valence-corrected chi connectivity index (χ3v) is 5.33. The molecule has 0 aliphatic heterocycles. The van der Waals surface area contributed by atoms with E-state index < -0.39 is 23.9 Å². The van der Waals surface area contributed by atoms with Crippen molar-refractivity contribution in [1.29, 1.82) is 0 Å². The van der Waals surface area contributed by atoms with Crippen LogP contribution in [0.15, 0.2) is 40.6 Å². The number of amides is 2. The fourth-order valence-corrected chi connectivity index (χ4v) is 3.66. The predicted molar refractivity (Wildman–Crippen MR) is 104 cm³/mol. The lowest BCUT2D eigenvalue weighted by Crippen LogP contribution is -2.30. The standard InChI is InChI=1S/C17H17ClN2O4S2/c1-10(16(23)20-17-13(15(19)22)6-8-26-17)24-14(21)7-9-25-12-4-2-11(18)3-5-12/h2-6,8,10H,7,9H2,1H3,(H2,19,22)(H,20,23)/t10-/m0/s1. The Labute approximate surface area is 164 Å². The van der Waals surface area contributed by atoms with Crippen molar-refractivity contribution in [2.75, 3.05) is 11.1 Å². The number of ether oxygens (including phenoxy) is 1. The van der Waals surface area contributed by atoms with Crippen LogP contribution < -0.4 is 11.1 Å². The topological polar surface area (TPSA) is 98.5 Å². The Morgan fingerprint density at radius 2 is 1.96 bits per heavy atom. The van der Waals surface area contributed by atoms with E-state index in [1.54, 1.807) is 17.5 Å². The van der Waals surface area contributed by atoms with E-state index in [9.17, 15) is 14.4 Å². The van der Waals surface area contributed by atoms with Gasteiger partial charge in [-0.3, -0.25) is 14.4 Å². The van der Waals surface area contributed by atoms with Gasteiger partial charge in [-0.15, -0.1) is 23.1 Å². The van der Waals surface area contributed by atoms with Crippen molar-refractivity contribution in [3.63, 3.8) is 0 Å². The molecule has 1 atom stereocenters. The average Bonchev–Trinajstić information content (AvgIpc) is 3.05. The molecule has 138 valence electrons. The molecule has 6 nitrogen and oxygen atoms in total. The van der Waals surface area contributed by atoms with Crippen LogP contribution in [0.5, 0.6) is 0 Å². The van der Waals surface area contributed by atoms with E-state index in [1.165, 1.54) is 36.1 Å². The Morgan fingerprint density at radius 3 is 2.62 bits per heavy atom. The van der Waals surface area contributed by atoms with Crippen LogP contribution in [0.1, 0.15) is 23.7 Å². The molecule has 3 N–H and O–H groups in total. The van der Waals surface area contributed by atoms with E-state index in [-0.39, 0.29) is 12.0 Å². The van der Waals surface area contributed by atoms with Crippen LogP contribution in [0.3, 0.4) is 0 Å². The van der Waals surface area contributed by atoms with Crippen LogP contribution in [0.2, 0.25) is 5.02 Å². The first-order valence-corrected chi connectivity index (χ1v) is 9.87. The van der Waals surface area contributed by atoms with E-state index in [4.69, 9.17) is 22.1 Å². The van der Waals surface area contributed by atoms with Gasteiger partial charge in [0.1, 0.15) is 5.00 Å². The van der Waals surface area contributed by atoms with Crippen molar-refractivity contribution < 1.29 is 19.1 Å². The number of anilines is 1. The summed E-state index contributed by atoms with van der Waals surface area (Å²) in [5, 5.41) is 5.18. The molecule has 0 aliphatic rings. The van der Waals surface area contributed by atoms with Crippen LogP contribution in [0.4, 0.5) is 5.00 Å². The maximum absolute atomic E-state index is 12.1. The molecule has 9 heteroatoms. The molecule has 0 radical (unpaired) electrons. The number of benzene rings is 1. The van der Waals surface area contributed by atoms with Gasteiger partial charge in [-0.25, -0.2) is 0 Å². The number of halogens is 1. The van der Waals surface area contributed by atoms with Gasteiger partial charge in [0.05, 0.1) is 12.0 Å². The zero-order chi connectivity index (χ0) is 19.1. The average molecular weight is 413 g/mol. The first-order chi connectivity index (χ1) is 12.4. The second-order valence-corrected chi connectivity index (χ2v) is 7.72. The minimum atomic E-state index is -0.981. The number of thioether (sulfide) groups is 1. The van der Waals surface area contributed by atoms with Crippen LogP contribution in [0, 0.1) is 0 Å². The quantitative estimate of drug-likeness (QED) is 0.510. The number of nitrogens with two attached hydrogens (primary N) is 1. The van der Waals surface area contributed by atoms with E-state index >= 15 is 0 Å². The molecule has 2 amide bonds. The summed E-state index contributed by atoms with van der Waals surface area (Å²) in [6, 6.07) is 8.81. The summed E-state index contributed by atoms with van der Waals surface area (Å²) < 4.78 is 5.12. The molecule has 26 heavy (non-hydrogen) atoms. The van der Waals surface area contributed by atoms with Crippen LogP contribution in [0.25, 0.3) is 0 Å². The summed E-state index contributed by atoms with van der Waals surface area (Å²) in [7, 11) is 0. The second kappa shape index (κ2) is 9.61. The van der Waals surface area contributed by atoms with Crippen molar-refractivity contribution in [3.05, 3.63) is 46.3 Å². The maximum Gasteiger partial charge on any atom is 0.307 e. The third-order valence-electron chi connectivity index (χ3n) is 3.23. The van der Waals surface area contributed by atoms with Gasteiger partial charge < -0.3 is 15.8 Å². The van der Waals surface area contributed by atoms with Crippen LogP contribution in [-0.2, 0) is 14.3 Å².